The van der Waals surface area contributed by atoms with E-state index in [1.54, 1.807) is 17.4 Å². The largest absolute Gasteiger partial charge is 0.489 e. The predicted octanol–water partition coefficient (Wildman–Crippen LogP) is 3.75. The minimum absolute atomic E-state index is 0.000428. The molecule has 2 rings (SSSR count). The van der Waals surface area contributed by atoms with Gasteiger partial charge in [-0.2, -0.15) is 0 Å². The van der Waals surface area contributed by atoms with Crippen LogP contribution in [0.1, 0.15) is 17.4 Å². The minimum atomic E-state index is -0.264. The molecule has 4 heteroatoms. The van der Waals surface area contributed by atoms with Crippen molar-refractivity contribution in [2.75, 3.05) is 6.54 Å². The summed E-state index contributed by atoms with van der Waals surface area (Å²) in [5.74, 6) is 0.352. The van der Waals surface area contributed by atoms with E-state index in [-0.39, 0.29) is 11.9 Å². The maximum absolute atomic E-state index is 13.1. The van der Waals surface area contributed by atoms with E-state index in [4.69, 9.17) is 4.74 Å². The zero-order chi connectivity index (χ0) is 13.7. The van der Waals surface area contributed by atoms with Gasteiger partial charge < -0.3 is 10.1 Å². The van der Waals surface area contributed by atoms with Crippen LogP contribution in [0.15, 0.2) is 35.7 Å². The second-order valence-corrected chi connectivity index (χ2v) is 5.58. The summed E-state index contributed by atoms with van der Waals surface area (Å²) >= 11 is 1.73. The van der Waals surface area contributed by atoms with Crippen LogP contribution >= 0.6 is 11.3 Å². The van der Waals surface area contributed by atoms with Crippen molar-refractivity contribution in [3.8, 4) is 5.75 Å². The van der Waals surface area contributed by atoms with Crippen LogP contribution < -0.4 is 10.1 Å². The van der Waals surface area contributed by atoms with Crippen LogP contribution in [0, 0.1) is 12.7 Å². The third-order valence-corrected chi connectivity index (χ3v) is 3.67. The van der Waals surface area contributed by atoms with E-state index >= 15 is 0 Å². The first-order valence-corrected chi connectivity index (χ1v) is 7.19. The summed E-state index contributed by atoms with van der Waals surface area (Å²) in [6, 6.07) is 8.75. The zero-order valence-corrected chi connectivity index (χ0v) is 12.0. The molecule has 1 atom stereocenters. The molecule has 19 heavy (non-hydrogen) atoms. The Hall–Kier alpha value is -1.39. The van der Waals surface area contributed by atoms with E-state index < -0.39 is 0 Å². The first kappa shape index (κ1) is 14.0. The van der Waals surface area contributed by atoms with E-state index in [0.29, 0.717) is 5.75 Å². The Morgan fingerprint density at radius 3 is 2.95 bits per heavy atom. The van der Waals surface area contributed by atoms with E-state index in [0.717, 1.165) is 18.7 Å². The molecule has 1 aromatic carbocycles. The molecule has 0 aliphatic carbocycles. The number of benzene rings is 1. The molecule has 0 aliphatic rings. The molecular formula is C15H18FNOS. The van der Waals surface area contributed by atoms with Gasteiger partial charge in [-0.1, -0.05) is 12.1 Å². The predicted molar refractivity (Wildman–Crippen MR) is 77.3 cm³/mol. The lowest BCUT2D eigenvalue weighted by Gasteiger charge is -2.17. The maximum atomic E-state index is 13.1. The maximum Gasteiger partial charge on any atom is 0.126 e. The SMILES string of the molecule is Cc1ccc(F)cc1OC(C)CNCc1cccs1. The Morgan fingerprint density at radius 1 is 1.37 bits per heavy atom. The number of nitrogens with one attached hydrogen (secondary N) is 1. The van der Waals surface area contributed by atoms with Crippen LogP contribution in [0.5, 0.6) is 5.75 Å². The van der Waals surface area contributed by atoms with E-state index in [1.807, 2.05) is 19.9 Å². The molecule has 0 bridgehead atoms. The molecule has 0 saturated heterocycles. The first-order valence-electron chi connectivity index (χ1n) is 6.31. The molecule has 0 radical (unpaired) electrons. The highest BCUT2D eigenvalue weighted by Crippen LogP contribution is 2.20. The van der Waals surface area contributed by atoms with Crippen LogP contribution in [-0.2, 0) is 6.54 Å². The minimum Gasteiger partial charge on any atom is -0.489 e. The van der Waals surface area contributed by atoms with Gasteiger partial charge in [-0.25, -0.2) is 4.39 Å². The van der Waals surface area contributed by atoms with Crippen LogP contribution in [-0.4, -0.2) is 12.6 Å². The van der Waals surface area contributed by atoms with Gasteiger partial charge in [0.25, 0.3) is 0 Å². The summed E-state index contributed by atoms with van der Waals surface area (Å²) in [6.45, 7) is 5.47. The summed E-state index contributed by atoms with van der Waals surface area (Å²) in [4.78, 5) is 1.30. The highest BCUT2D eigenvalue weighted by Gasteiger charge is 2.07. The van der Waals surface area contributed by atoms with Crippen molar-refractivity contribution in [2.45, 2.75) is 26.5 Å². The molecule has 0 fully saturated rings. The fraction of sp³-hybridized carbons (Fsp3) is 0.333. The van der Waals surface area contributed by atoms with Gasteiger partial charge in [-0.3, -0.25) is 0 Å². The normalized spacial score (nSPS) is 12.4. The van der Waals surface area contributed by atoms with Gasteiger partial charge in [-0.05, 0) is 36.9 Å². The Kier molecular flexibility index (Phi) is 4.93. The standard InChI is InChI=1S/C15H18FNOS/c1-11-5-6-13(16)8-15(11)18-12(2)9-17-10-14-4-3-7-19-14/h3-8,12,17H,9-10H2,1-2H3. The van der Waals surface area contributed by atoms with Gasteiger partial charge in [0.05, 0.1) is 0 Å². The van der Waals surface area contributed by atoms with Gasteiger partial charge in [0.1, 0.15) is 17.7 Å². The topological polar surface area (TPSA) is 21.3 Å². The molecule has 1 N–H and O–H groups in total. The van der Waals surface area contributed by atoms with Crippen molar-refractivity contribution in [1.29, 1.82) is 0 Å². The third-order valence-electron chi connectivity index (χ3n) is 2.79. The van der Waals surface area contributed by atoms with Gasteiger partial charge in [0.15, 0.2) is 0 Å². The summed E-state index contributed by atoms with van der Waals surface area (Å²) in [5.41, 5.74) is 0.950. The van der Waals surface area contributed by atoms with Crippen molar-refractivity contribution in [3.05, 3.63) is 52.0 Å². The second-order valence-electron chi connectivity index (χ2n) is 4.55. The monoisotopic (exact) mass is 279 g/mol. The molecule has 1 heterocycles. The third kappa shape index (κ3) is 4.33. The number of rotatable bonds is 6. The molecule has 0 aliphatic heterocycles. The lowest BCUT2D eigenvalue weighted by molar-refractivity contribution is 0.214. The number of ether oxygens (including phenoxy) is 1. The van der Waals surface area contributed by atoms with Crippen LogP contribution in [0.4, 0.5) is 4.39 Å². The van der Waals surface area contributed by atoms with Gasteiger partial charge in [0, 0.05) is 24.0 Å². The molecule has 2 aromatic rings. The summed E-state index contributed by atoms with van der Waals surface area (Å²) in [6.07, 6.45) is 0.000428. The molecule has 2 nitrogen and oxygen atoms in total. The Labute approximate surface area is 117 Å². The van der Waals surface area contributed by atoms with Crippen molar-refractivity contribution >= 4 is 11.3 Å². The lowest BCUT2D eigenvalue weighted by Crippen LogP contribution is -2.28. The van der Waals surface area contributed by atoms with Crippen LogP contribution in [0.3, 0.4) is 0 Å². The summed E-state index contributed by atoms with van der Waals surface area (Å²) < 4.78 is 18.9. The average Bonchev–Trinajstić information content (AvgIpc) is 2.87. The fourth-order valence-corrected chi connectivity index (χ4v) is 2.45. The van der Waals surface area contributed by atoms with Crippen molar-refractivity contribution < 1.29 is 9.13 Å². The molecule has 102 valence electrons. The van der Waals surface area contributed by atoms with Crippen molar-refractivity contribution in [3.63, 3.8) is 0 Å². The van der Waals surface area contributed by atoms with E-state index in [9.17, 15) is 4.39 Å². The fourth-order valence-electron chi connectivity index (χ4n) is 1.77. The van der Waals surface area contributed by atoms with E-state index in [1.165, 1.54) is 17.0 Å². The number of hydrogen-bond acceptors (Lipinski definition) is 3. The summed E-state index contributed by atoms with van der Waals surface area (Å²) in [7, 11) is 0. The Morgan fingerprint density at radius 2 is 2.21 bits per heavy atom. The second kappa shape index (κ2) is 6.68. The molecular weight excluding hydrogens is 261 g/mol. The van der Waals surface area contributed by atoms with Crippen LogP contribution in [0.25, 0.3) is 0 Å². The molecule has 1 aromatic heterocycles. The molecule has 1 unspecified atom stereocenters. The molecule has 0 spiro atoms. The van der Waals surface area contributed by atoms with Crippen molar-refractivity contribution in [1.82, 2.24) is 5.32 Å². The van der Waals surface area contributed by atoms with E-state index in [2.05, 4.69) is 16.8 Å². The Balaban J connectivity index is 1.80. The highest BCUT2D eigenvalue weighted by atomic mass is 32.1. The number of aryl methyl sites for hydroxylation is 1. The van der Waals surface area contributed by atoms with Gasteiger partial charge in [-0.15, -0.1) is 11.3 Å². The average molecular weight is 279 g/mol. The van der Waals surface area contributed by atoms with Gasteiger partial charge >= 0.3 is 0 Å². The Bertz CT molecular complexity index is 513. The number of halogens is 1. The van der Waals surface area contributed by atoms with Crippen LogP contribution in [0.2, 0.25) is 0 Å². The summed E-state index contributed by atoms with van der Waals surface area (Å²) in [5, 5.41) is 5.40. The van der Waals surface area contributed by atoms with Gasteiger partial charge in [0.2, 0.25) is 0 Å². The highest BCUT2D eigenvalue weighted by molar-refractivity contribution is 7.09. The quantitative estimate of drug-likeness (QED) is 0.869. The number of hydrogen-bond donors (Lipinski definition) is 1. The smallest absolute Gasteiger partial charge is 0.126 e. The number of thiophene rings is 1. The first-order chi connectivity index (χ1) is 9.15. The van der Waals surface area contributed by atoms with Crippen molar-refractivity contribution in [2.24, 2.45) is 0 Å². The molecule has 0 amide bonds. The lowest BCUT2D eigenvalue weighted by atomic mass is 10.2. The zero-order valence-electron chi connectivity index (χ0n) is 11.2. The molecule has 0 saturated carbocycles.